The number of benzene rings is 2. The van der Waals surface area contributed by atoms with Crippen molar-refractivity contribution in [3.63, 3.8) is 0 Å². The molecule has 148 valence electrons. The van der Waals surface area contributed by atoms with E-state index in [1.165, 1.54) is 12.8 Å². The largest absolute Gasteiger partial charge is 0.320 e. The van der Waals surface area contributed by atoms with Crippen LogP contribution in [0.5, 0.6) is 0 Å². The van der Waals surface area contributed by atoms with Gasteiger partial charge in [0, 0.05) is 28.7 Å². The molecule has 7 heteroatoms. The smallest absolute Gasteiger partial charge is 0.161 e. The Kier molecular flexibility index (Phi) is 4.86. The second kappa shape index (κ2) is 7.67. The molecule has 1 saturated carbocycles. The van der Waals surface area contributed by atoms with Crippen LogP contribution in [0, 0.1) is 11.3 Å². The summed E-state index contributed by atoms with van der Waals surface area (Å²) in [6.07, 6.45) is 4.42. The molecule has 4 aromatic rings. The molecule has 0 spiro atoms. The summed E-state index contributed by atoms with van der Waals surface area (Å²) >= 11 is 7.69. The summed E-state index contributed by atoms with van der Waals surface area (Å²) in [4.78, 5) is 6.05. The van der Waals surface area contributed by atoms with Crippen molar-refractivity contribution in [1.29, 1.82) is 5.26 Å². The van der Waals surface area contributed by atoms with Gasteiger partial charge in [0.05, 0.1) is 17.7 Å². The normalized spacial score (nSPS) is 13.4. The third-order valence-corrected chi connectivity index (χ3v) is 6.54. The van der Waals surface area contributed by atoms with Crippen LogP contribution in [0.4, 0.5) is 0 Å². The van der Waals surface area contributed by atoms with Gasteiger partial charge in [-0.15, -0.1) is 0 Å². The zero-order valence-electron chi connectivity index (χ0n) is 16.3. The average molecular weight is 432 g/mol. The zero-order valence-corrected chi connectivity index (χ0v) is 17.9. The summed E-state index contributed by atoms with van der Waals surface area (Å²) in [6, 6.07) is 20.0. The third kappa shape index (κ3) is 3.62. The van der Waals surface area contributed by atoms with E-state index >= 15 is 0 Å². The molecule has 1 aliphatic rings. The number of imidazole rings is 1. The monoisotopic (exact) mass is 431 g/mol. The van der Waals surface area contributed by atoms with Crippen molar-refractivity contribution in [2.75, 3.05) is 0 Å². The van der Waals surface area contributed by atoms with E-state index in [1.54, 1.807) is 11.8 Å². The molecule has 0 aliphatic heterocycles. The Hall–Kier alpha value is -3.01. The van der Waals surface area contributed by atoms with Crippen LogP contribution in [0.15, 0.2) is 70.7 Å². The quantitative estimate of drug-likeness (QED) is 0.391. The predicted molar refractivity (Wildman–Crippen MR) is 118 cm³/mol. The molecule has 2 aromatic heterocycles. The Morgan fingerprint density at radius 3 is 2.47 bits per heavy atom. The van der Waals surface area contributed by atoms with E-state index in [2.05, 4.69) is 10.6 Å². The highest BCUT2D eigenvalue weighted by molar-refractivity contribution is 7.99. The van der Waals surface area contributed by atoms with Crippen LogP contribution >= 0.6 is 23.4 Å². The number of halogens is 1. The van der Waals surface area contributed by atoms with Gasteiger partial charge in [0.25, 0.3) is 0 Å². The zero-order chi connectivity index (χ0) is 20.7. The minimum atomic E-state index is 0.528. The van der Waals surface area contributed by atoms with Crippen LogP contribution in [-0.4, -0.2) is 19.3 Å². The fourth-order valence-electron chi connectivity index (χ4n) is 3.33. The molecule has 0 saturated heterocycles. The van der Waals surface area contributed by atoms with E-state index in [1.807, 2.05) is 72.5 Å². The summed E-state index contributed by atoms with van der Waals surface area (Å²) in [5, 5.41) is 15.6. The standard InChI is InChI=1S/C23H18ClN5S/c1-28-22(20-12-13-29(27-20)18-8-9-18)26-21(16-4-2-15(14-25)3-5-16)23(28)30-19-10-6-17(24)7-11-19/h2-7,10-13,18H,8-9H2,1H3. The van der Waals surface area contributed by atoms with Gasteiger partial charge in [-0.25, -0.2) is 4.98 Å². The Morgan fingerprint density at radius 1 is 1.07 bits per heavy atom. The number of hydrogen-bond acceptors (Lipinski definition) is 4. The van der Waals surface area contributed by atoms with Crippen LogP contribution in [0.25, 0.3) is 22.8 Å². The van der Waals surface area contributed by atoms with Crippen molar-refractivity contribution in [3.05, 3.63) is 71.4 Å². The van der Waals surface area contributed by atoms with E-state index in [-0.39, 0.29) is 0 Å². The van der Waals surface area contributed by atoms with Crippen LogP contribution in [0.3, 0.4) is 0 Å². The van der Waals surface area contributed by atoms with Gasteiger partial charge < -0.3 is 4.57 Å². The second-order valence-electron chi connectivity index (χ2n) is 7.31. The molecule has 1 fully saturated rings. The molecule has 0 bridgehead atoms. The molecule has 5 nitrogen and oxygen atoms in total. The molecule has 0 amide bonds. The van der Waals surface area contributed by atoms with E-state index in [9.17, 15) is 0 Å². The molecule has 2 heterocycles. The van der Waals surface area contributed by atoms with E-state index in [4.69, 9.17) is 26.9 Å². The highest BCUT2D eigenvalue weighted by Crippen LogP contribution is 2.39. The lowest BCUT2D eigenvalue weighted by Crippen LogP contribution is -1.98. The number of hydrogen-bond donors (Lipinski definition) is 0. The van der Waals surface area contributed by atoms with E-state index in [0.717, 1.165) is 32.7 Å². The maximum atomic E-state index is 9.12. The van der Waals surface area contributed by atoms with E-state index < -0.39 is 0 Å². The Morgan fingerprint density at radius 2 is 1.80 bits per heavy atom. The first-order valence-electron chi connectivity index (χ1n) is 9.68. The molecule has 5 rings (SSSR count). The third-order valence-electron chi connectivity index (χ3n) is 5.12. The number of nitriles is 1. The minimum absolute atomic E-state index is 0.528. The lowest BCUT2D eigenvalue weighted by Gasteiger charge is -2.07. The van der Waals surface area contributed by atoms with Crippen molar-refractivity contribution < 1.29 is 0 Å². The van der Waals surface area contributed by atoms with Gasteiger partial charge in [0.1, 0.15) is 16.4 Å². The Bertz CT molecular complexity index is 1240. The van der Waals surface area contributed by atoms with Crippen LogP contribution < -0.4 is 0 Å². The summed E-state index contributed by atoms with van der Waals surface area (Å²) in [7, 11) is 2.02. The fourth-order valence-corrected chi connectivity index (χ4v) is 4.44. The number of nitrogens with zero attached hydrogens (tertiary/aromatic N) is 5. The summed E-state index contributed by atoms with van der Waals surface area (Å²) in [6.45, 7) is 0. The van der Waals surface area contributed by atoms with Crippen LogP contribution in [0.1, 0.15) is 24.4 Å². The van der Waals surface area contributed by atoms with E-state index in [0.29, 0.717) is 16.6 Å². The molecular weight excluding hydrogens is 414 g/mol. The first kappa shape index (κ1) is 19.0. The topological polar surface area (TPSA) is 59.4 Å². The number of rotatable bonds is 5. The second-order valence-corrected chi connectivity index (χ2v) is 8.80. The van der Waals surface area contributed by atoms with Gasteiger partial charge in [-0.2, -0.15) is 10.4 Å². The van der Waals surface area contributed by atoms with Gasteiger partial charge in [-0.05, 0) is 55.3 Å². The Balaban J connectivity index is 1.60. The SMILES string of the molecule is Cn1c(-c2ccn(C3CC3)n2)nc(-c2ccc(C#N)cc2)c1Sc1ccc(Cl)cc1. The Labute approximate surface area is 183 Å². The molecule has 1 aliphatic carbocycles. The van der Waals surface area contributed by atoms with Crippen molar-refractivity contribution in [2.24, 2.45) is 7.05 Å². The molecule has 0 unspecified atom stereocenters. The average Bonchev–Trinajstić information content (AvgIpc) is 3.42. The summed E-state index contributed by atoms with van der Waals surface area (Å²) in [5.41, 5.74) is 3.33. The van der Waals surface area contributed by atoms with Crippen molar-refractivity contribution in [3.8, 4) is 28.8 Å². The van der Waals surface area contributed by atoms with Gasteiger partial charge >= 0.3 is 0 Å². The van der Waals surface area contributed by atoms with Gasteiger partial charge in [0.15, 0.2) is 5.82 Å². The minimum Gasteiger partial charge on any atom is -0.320 e. The molecule has 2 aromatic carbocycles. The highest BCUT2D eigenvalue weighted by atomic mass is 35.5. The first-order chi connectivity index (χ1) is 14.6. The fraction of sp³-hybridized carbons (Fsp3) is 0.174. The van der Waals surface area contributed by atoms with Crippen molar-refractivity contribution in [1.82, 2.24) is 19.3 Å². The molecular formula is C23H18ClN5S. The predicted octanol–water partition coefficient (Wildman–Crippen LogP) is 5.96. The highest BCUT2D eigenvalue weighted by Gasteiger charge is 2.26. The first-order valence-corrected chi connectivity index (χ1v) is 10.9. The van der Waals surface area contributed by atoms with Gasteiger partial charge in [-0.1, -0.05) is 35.5 Å². The van der Waals surface area contributed by atoms with Crippen LogP contribution in [-0.2, 0) is 7.05 Å². The summed E-state index contributed by atoms with van der Waals surface area (Å²) < 4.78 is 4.13. The molecule has 0 radical (unpaired) electrons. The summed E-state index contributed by atoms with van der Waals surface area (Å²) in [5.74, 6) is 0.824. The lowest BCUT2D eigenvalue weighted by molar-refractivity contribution is 0.641. The lowest BCUT2D eigenvalue weighted by atomic mass is 10.1. The molecule has 30 heavy (non-hydrogen) atoms. The number of aromatic nitrogens is 4. The van der Waals surface area contributed by atoms with Crippen molar-refractivity contribution >= 4 is 23.4 Å². The van der Waals surface area contributed by atoms with Crippen molar-refractivity contribution in [2.45, 2.75) is 28.8 Å². The maximum absolute atomic E-state index is 9.12. The van der Waals surface area contributed by atoms with Crippen LogP contribution in [0.2, 0.25) is 5.02 Å². The van der Waals surface area contributed by atoms with Gasteiger partial charge in [-0.3, -0.25) is 4.68 Å². The maximum Gasteiger partial charge on any atom is 0.161 e. The molecule has 0 N–H and O–H groups in total. The van der Waals surface area contributed by atoms with Gasteiger partial charge in [0.2, 0.25) is 0 Å². The molecule has 0 atom stereocenters.